The van der Waals surface area contributed by atoms with Crippen molar-refractivity contribution in [1.82, 2.24) is 0 Å². The molecule has 3 aromatic carbocycles. The molecule has 3 aromatic rings. The highest BCUT2D eigenvalue weighted by atomic mass is 79.9. The Morgan fingerprint density at radius 2 is 1.48 bits per heavy atom. The second kappa shape index (κ2) is 8.52. The molecule has 3 rings (SSSR count). The van der Waals surface area contributed by atoms with Crippen LogP contribution in [-0.4, -0.2) is 5.11 Å². The normalized spacial score (nSPS) is 13.2. The van der Waals surface area contributed by atoms with E-state index < -0.39 is 6.10 Å². The molecular formula is C21H19BrClNO. The van der Waals surface area contributed by atoms with Gasteiger partial charge in [-0.15, -0.1) is 0 Å². The van der Waals surface area contributed by atoms with Crippen LogP contribution in [0.25, 0.3) is 0 Å². The van der Waals surface area contributed by atoms with Crippen LogP contribution >= 0.6 is 27.5 Å². The summed E-state index contributed by atoms with van der Waals surface area (Å²) >= 11 is 9.40. The quantitative estimate of drug-likeness (QED) is 0.488. The molecule has 0 aliphatic heterocycles. The third-order valence-electron chi connectivity index (χ3n) is 4.10. The zero-order valence-electron chi connectivity index (χ0n) is 13.6. The average molecular weight is 417 g/mol. The molecule has 2 unspecified atom stereocenters. The van der Waals surface area contributed by atoms with Gasteiger partial charge >= 0.3 is 0 Å². The predicted octanol–water partition coefficient (Wildman–Crippen LogP) is 6.38. The van der Waals surface area contributed by atoms with Gasteiger partial charge in [0.1, 0.15) is 0 Å². The first-order valence-electron chi connectivity index (χ1n) is 8.12. The topological polar surface area (TPSA) is 32.3 Å². The van der Waals surface area contributed by atoms with Crippen molar-refractivity contribution in [3.63, 3.8) is 0 Å². The SMILES string of the molecule is OC(CC(Nc1ccc(Cl)cc1)c1ccccc1)c1ccc(Br)cc1. The summed E-state index contributed by atoms with van der Waals surface area (Å²) in [5.41, 5.74) is 3.01. The molecule has 0 saturated heterocycles. The van der Waals surface area contributed by atoms with Gasteiger partial charge in [0.25, 0.3) is 0 Å². The van der Waals surface area contributed by atoms with Gasteiger partial charge in [-0.2, -0.15) is 0 Å². The lowest BCUT2D eigenvalue weighted by atomic mass is 9.96. The van der Waals surface area contributed by atoms with Crippen molar-refractivity contribution in [2.75, 3.05) is 5.32 Å². The van der Waals surface area contributed by atoms with Crippen molar-refractivity contribution in [3.8, 4) is 0 Å². The van der Waals surface area contributed by atoms with Gasteiger partial charge < -0.3 is 10.4 Å². The number of aliphatic hydroxyl groups is 1. The van der Waals surface area contributed by atoms with Crippen LogP contribution in [0.15, 0.2) is 83.3 Å². The smallest absolute Gasteiger partial charge is 0.0813 e. The van der Waals surface area contributed by atoms with Crippen molar-refractivity contribution in [2.45, 2.75) is 18.6 Å². The predicted molar refractivity (Wildman–Crippen MR) is 108 cm³/mol. The van der Waals surface area contributed by atoms with Gasteiger partial charge in [0, 0.05) is 21.6 Å². The fourth-order valence-corrected chi connectivity index (χ4v) is 3.15. The largest absolute Gasteiger partial charge is 0.388 e. The Hall–Kier alpha value is -1.81. The van der Waals surface area contributed by atoms with Gasteiger partial charge in [0.05, 0.1) is 12.1 Å². The third-order valence-corrected chi connectivity index (χ3v) is 4.88. The fourth-order valence-electron chi connectivity index (χ4n) is 2.76. The highest BCUT2D eigenvalue weighted by molar-refractivity contribution is 9.10. The summed E-state index contributed by atoms with van der Waals surface area (Å²) in [6.07, 6.45) is 0.00645. The van der Waals surface area contributed by atoms with Crippen molar-refractivity contribution in [2.24, 2.45) is 0 Å². The minimum atomic E-state index is -0.557. The van der Waals surface area contributed by atoms with Crippen LogP contribution in [0, 0.1) is 0 Å². The lowest BCUT2D eigenvalue weighted by Crippen LogP contribution is -2.14. The average Bonchev–Trinajstić information content (AvgIpc) is 2.64. The van der Waals surface area contributed by atoms with E-state index in [4.69, 9.17) is 11.6 Å². The van der Waals surface area contributed by atoms with Gasteiger partial charge in [0.2, 0.25) is 0 Å². The molecule has 0 saturated carbocycles. The molecule has 128 valence electrons. The molecule has 0 aliphatic carbocycles. The van der Waals surface area contributed by atoms with E-state index in [1.54, 1.807) is 0 Å². The summed E-state index contributed by atoms with van der Waals surface area (Å²) in [4.78, 5) is 0. The summed E-state index contributed by atoms with van der Waals surface area (Å²) in [6, 6.07) is 25.5. The lowest BCUT2D eigenvalue weighted by Gasteiger charge is -2.23. The molecule has 4 heteroatoms. The van der Waals surface area contributed by atoms with Crippen molar-refractivity contribution in [3.05, 3.63) is 99.5 Å². The van der Waals surface area contributed by atoms with Gasteiger partial charge in [-0.25, -0.2) is 0 Å². The van der Waals surface area contributed by atoms with E-state index >= 15 is 0 Å². The Bertz CT molecular complexity index is 790. The minimum absolute atomic E-state index is 0.0129. The van der Waals surface area contributed by atoms with Crippen molar-refractivity contribution in [1.29, 1.82) is 0 Å². The number of anilines is 1. The number of aliphatic hydroxyl groups excluding tert-OH is 1. The Labute approximate surface area is 161 Å². The zero-order valence-corrected chi connectivity index (χ0v) is 15.9. The van der Waals surface area contributed by atoms with Crippen molar-refractivity contribution < 1.29 is 5.11 Å². The molecule has 0 aromatic heterocycles. The third kappa shape index (κ3) is 5.08. The molecule has 0 aliphatic rings. The second-order valence-corrected chi connectivity index (χ2v) is 7.27. The van der Waals surface area contributed by atoms with E-state index in [1.165, 1.54) is 0 Å². The number of hydrogen-bond donors (Lipinski definition) is 2. The lowest BCUT2D eigenvalue weighted by molar-refractivity contribution is 0.160. The summed E-state index contributed by atoms with van der Waals surface area (Å²) in [5.74, 6) is 0. The van der Waals surface area contributed by atoms with E-state index in [0.717, 1.165) is 21.3 Å². The number of hydrogen-bond acceptors (Lipinski definition) is 2. The number of halogens is 2. The van der Waals surface area contributed by atoms with E-state index in [-0.39, 0.29) is 6.04 Å². The van der Waals surface area contributed by atoms with Crippen LogP contribution in [0.2, 0.25) is 5.02 Å². The van der Waals surface area contributed by atoms with Crippen LogP contribution in [0.1, 0.15) is 29.7 Å². The van der Waals surface area contributed by atoms with E-state index in [0.29, 0.717) is 11.4 Å². The molecule has 25 heavy (non-hydrogen) atoms. The molecule has 2 N–H and O–H groups in total. The molecule has 0 radical (unpaired) electrons. The summed E-state index contributed by atoms with van der Waals surface area (Å²) in [7, 11) is 0. The molecule has 0 spiro atoms. The first-order chi connectivity index (χ1) is 12.1. The Balaban J connectivity index is 1.81. The number of benzene rings is 3. The first-order valence-corrected chi connectivity index (χ1v) is 9.29. The second-order valence-electron chi connectivity index (χ2n) is 5.92. The number of rotatable bonds is 6. The zero-order chi connectivity index (χ0) is 17.6. The molecule has 2 nitrogen and oxygen atoms in total. The van der Waals surface area contributed by atoms with Crippen LogP contribution in [0.3, 0.4) is 0 Å². The Kier molecular flexibility index (Phi) is 6.14. The van der Waals surface area contributed by atoms with E-state index in [1.807, 2.05) is 66.7 Å². The van der Waals surface area contributed by atoms with E-state index in [2.05, 4.69) is 33.4 Å². The minimum Gasteiger partial charge on any atom is -0.388 e. The van der Waals surface area contributed by atoms with Gasteiger partial charge in [-0.05, 0) is 47.5 Å². The van der Waals surface area contributed by atoms with Crippen LogP contribution in [0.5, 0.6) is 0 Å². The highest BCUT2D eigenvalue weighted by Crippen LogP contribution is 2.30. The van der Waals surface area contributed by atoms with Gasteiger partial charge in [-0.1, -0.05) is 70.0 Å². The van der Waals surface area contributed by atoms with Crippen LogP contribution in [0.4, 0.5) is 5.69 Å². The fraction of sp³-hybridized carbons (Fsp3) is 0.143. The van der Waals surface area contributed by atoms with Crippen molar-refractivity contribution >= 4 is 33.2 Å². The first kappa shape index (κ1) is 18.0. The molecular weight excluding hydrogens is 398 g/mol. The summed E-state index contributed by atoms with van der Waals surface area (Å²) < 4.78 is 1.00. The maximum Gasteiger partial charge on any atom is 0.0813 e. The Morgan fingerprint density at radius 3 is 2.12 bits per heavy atom. The molecule has 0 bridgehead atoms. The van der Waals surface area contributed by atoms with Crippen LogP contribution < -0.4 is 5.32 Å². The molecule has 2 atom stereocenters. The van der Waals surface area contributed by atoms with Gasteiger partial charge in [0.15, 0.2) is 0 Å². The Morgan fingerprint density at radius 1 is 0.840 bits per heavy atom. The standard InChI is InChI=1S/C21H19BrClNO/c22-17-8-6-16(7-9-17)21(25)14-20(15-4-2-1-3-5-15)24-19-12-10-18(23)11-13-19/h1-13,20-21,24-25H,14H2. The maximum atomic E-state index is 10.7. The number of nitrogens with one attached hydrogen (secondary N) is 1. The molecule has 0 amide bonds. The van der Waals surface area contributed by atoms with Gasteiger partial charge in [-0.3, -0.25) is 0 Å². The van der Waals surface area contributed by atoms with Crippen LogP contribution in [-0.2, 0) is 0 Å². The molecule has 0 fully saturated rings. The van der Waals surface area contributed by atoms with E-state index in [9.17, 15) is 5.11 Å². The summed E-state index contributed by atoms with van der Waals surface area (Å²) in [6.45, 7) is 0. The maximum absolute atomic E-state index is 10.7. The summed E-state index contributed by atoms with van der Waals surface area (Å²) in [5, 5.41) is 14.9. The monoisotopic (exact) mass is 415 g/mol. The highest BCUT2D eigenvalue weighted by Gasteiger charge is 2.18. The molecule has 0 heterocycles.